The summed E-state index contributed by atoms with van der Waals surface area (Å²) in [5.74, 6) is 0.508. The fourth-order valence-corrected chi connectivity index (χ4v) is 2.37. The number of phenolic OH excluding ortho intramolecular Hbond substituents is 1. The molecule has 0 unspecified atom stereocenters. The van der Waals surface area contributed by atoms with E-state index in [0.717, 1.165) is 5.39 Å². The predicted molar refractivity (Wildman–Crippen MR) is 76.1 cm³/mol. The molecule has 0 aliphatic carbocycles. The summed E-state index contributed by atoms with van der Waals surface area (Å²) in [5.41, 5.74) is 0.997. The van der Waals surface area contributed by atoms with Crippen LogP contribution in [0.2, 0.25) is 0 Å². The van der Waals surface area contributed by atoms with Crippen molar-refractivity contribution in [2.75, 3.05) is 7.11 Å². The van der Waals surface area contributed by atoms with E-state index in [1.54, 1.807) is 6.08 Å². The number of methoxy groups -OCH3 is 1. The Labute approximate surface area is 112 Å². The van der Waals surface area contributed by atoms with Crippen LogP contribution in [0.3, 0.4) is 0 Å². The molecular formula is C16H16O3. The summed E-state index contributed by atoms with van der Waals surface area (Å²) in [6, 6.07) is 7.33. The Balaban J connectivity index is 2.97. The zero-order valence-corrected chi connectivity index (χ0v) is 11.1. The fourth-order valence-electron chi connectivity index (χ4n) is 2.37. The molecule has 0 fully saturated rings. The molecule has 0 aliphatic rings. The Morgan fingerprint density at radius 3 is 2.53 bits per heavy atom. The highest BCUT2D eigenvalue weighted by Crippen LogP contribution is 2.40. The summed E-state index contributed by atoms with van der Waals surface area (Å²) in [6.07, 6.45) is 2.08. The second-order valence-electron chi connectivity index (χ2n) is 4.33. The van der Waals surface area contributed by atoms with E-state index in [4.69, 9.17) is 4.74 Å². The van der Waals surface area contributed by atoms with Crippen LogP contribution in [0.1, 0.15) is 22.8 Å². The molecule has 0 bridgehead atoms. The maximum absolute atomic E-state index is 11.9. The molecule has 2 aromatic rings. The number of ketones is 1. The highest BCUT2D eigenvalue weighted by Gasteiger charge is 2.21. The zero-order valence-electron chi connectivity index (χ0n) is 11.1. The maximum atomic E-state index is 11.9. The molecule has 0 aliphatic heterocycles. The molecule has 2 rings (SSSR count). The molecule has 3 nitrogen and oxygen atoms in total. The van der Waals surface area contributed by atoms with Crippen molar-refractivity contribution in [3.8, 4) is 11.5 Å². The van der Waals surface area contributed by atoms with Gasteiger partial charge in [-0.3, -0.25) is 4.79 Å². The first-order chi connectivity index (χ1) is 9.11. The second-order valence-corrected chi connectivity index (χ2v) is 4.33. The summed E-state index contributed by atoms with van der Waals surface area (Å²) < 4.78 is 5.40. The largest absolute Gasteiger partial charge is 0.507 e. The van der Waals surface area contributed by atoms with Crippen LogP contribution in [-0.2, 0) is 6.42 Å². The van der Waals surface area contributed by atoms with Gasteiger partial charge in [0.1, 0.15) is 11.5 Å². The number of carbonyl (C=O) groups is 1. The van der Waals surface area contributed by atoms with Gasteiger partial charge in [0.15, 0.2) is 5.78 Å². The molecule has 0 heterocycles. The summed E-state index contributed by atoms with van der Waals surface area (Å²) in [5, 5.41) is 11.8. The fraction of sp³-hybridized carbons (Fsp3) is 0.188. The number of carbonyl (C=O) groups excluding carboxylic acids is 1. The third kappa shape index (κ3) is 2.08. The number of ether oxygens (including phenoxy) is 1. The standard InChI is InChI=1S/C16H16O3/c1-4-7-13-14(10(2)17)16(19-3)12-9-6-5-8-11(12)15(13)18/h4-6,8-9,18H,1,7H2,2-3H3. The van der Waals surface area contributed by atoms with Crippen LogP contribution in [0.25, 0.3) is 10.8 Å². The number of phenols is 1. The number of hydrogen-bond acceptors (Lipinski definition) is 3. The van der Waals surface area contributed by atoms with Crippen molar-refractivity contribution < 1.29 is 14.6 Å². The predicted octanol–water partition coefficient (Wildman–Crippen LogP) is 3.49. The minimum atomic E-state index is -0.130. The lowest BCUT2D eigenvalue weighted by Gasteiger charge is -2.16. The van der Waals surface area contributed by atoms with Crippen LogP contribution in [-0.4, -0.2) is 18.0 Å². The summed E-state index contributed by atoms with van der Waals surface area (Å²) in [6.45, 7) is 5.14. The van der Waals surface area contributed by atoms with E-state index in [0.29, 0.717) is 28.7 Å². The Kier molecular flexibility index (Phi) is 3.56. The SMILES string of the molecule is C=CCc1c(C(C)=O)c(OC)c2ccccc2c1O. The van der Waals surface area contributed by atoms with Crippen molar-refractivity contribution in [2.24, 2.45) is 0 Å². The van der Waals surface area contributed by atoms with Gasteiger partial charge in [-0.2, -0.15) is 0 Å². The number of benzene rings is 2. The van der Waals surface area contributed by atoms with E-state index in [9.17, 15) is 9.90 Å². The van der Waals surface area contributed by atoms with Gasteiger partial charge in [-0.05, 0) is 13.3 Å². The van der Waals surface area contributed by atoms with Gasteiger partial charge >= 0.3 is 0 Å². The lowest BCUT2D eigenvalue weighted by atomic mass is 9.93. The smallest absolute Gasteiger partial charge is 0.163 e. The summed E-state index contributed by atoms with van der Waals surface area (Å²) >= 11 is 0. The highest BCUT2D eigenvalue weighted by molar-refractivity contribution is 6.07. The minimum absolute atomic E-state index is 0.126. The summed E-state index contributed by atoms with van der Waals surface area (Å²) in [4.78, 5) is 11.9. The monoisotopic (exact) mass is 256 g/mol. The molecule has 0 saturated heterocycles. The molecule has 98 valence electrons. The van der Waals surface area contributed by atoms with Crippen LogP contribution in [0.5, 0.6) is 11.5 Å². The molecule has 3 heteroatoms. The molecule has 0 atom stereocenters. The van der Waals surface area contributed by atoms with Crippen LogP contribution in [0.15, 0.2) is 36.9 Å². The number of allylic oxidation sites excluding steroid dienone is 1. The van der Waals surface area contributed by atoms with Crippen LogP contribution in [0, 0.1) is 0 Å². The number of hydrogen-bond donors (Lipinski definition) is 1. The van der Waals surface area contributed by atoms with Crippen molar-refractivity contribution in [3.05, 3.63) is 48.0 Å². The molecule has 0 amide bonds. The van der Waals surface area contributed by atoms with Gasteiger partial charge in [0, 0.05) is 16.3 Å². The normalized spacial score (nSPS) is 10.4. The summed E-state index contributed by atoms with van der Waals surface area (Å²) in [7, 11) is 1.53. The molecule has 0 radical (unpaired) electrons. The van der Waals surface area contributed by atoms with Crippen LogP contribution in [0.4, 0.5) is 0 Å². The molecular weight excluding hydrogens is 240 g/mol. The van der Waals surface area contributed by atoms with E-state index in [1.807, 2.05) is 24.3 Å². The Bertz CT molecular complexity index is 657. The second kappa shape index (κ2) is 5.14. The van der Waals surface area contributed by atoms with E-state index < -0.39 is 0 Å². The first-order valence-electron chi connectivity index (χ1n) is 6.04. The van der Waals surface area contributed by atoms with E-state index in [2.05, 4.69) is 6.58 Å². The van der Waals surface area contributed by atoms with Gasteiger partial charge in [0.2, 0.25) is 0 Å². The minimum Gasteiger partial charge on any atom is -0.507 e. The van der Waals surface area contributed by atoms with E-state index in [1.165, 1.54) is 14.0 Å². The lowest BCUT2D eigenvalue weighted by molar-refractivity contribution is 0.101. The van der Waals surface area contributed by atoms with Crippen molar-refractivity contribution in [1.29, 1.82) is 0 Å². The molecule has 0 saturated carbocycles. The number of Topliss-reactive ketones (excluding diaryl/α,β-unsaturated/α-hetero) is 1. The number of rotatable bonds is 4. The lowest BCUT2D eigenvalue weighted by Crippen LogP contribution is -2.04. The zero-order chi connectivity index (χ0) is 14.0. The first-order valence-corrected chi connectivity index (χ1v) is 6.04. The first kappa shape index (κ1) is 13.1. The van der Waals surface area contributed by atoms with Gasteiger partial charge in [0.05, 0.1) is 12.7 Å². The van der Waals surface area contributed by atoms with Crippen LogP contribution >= 0.6 is 0 Å². The Hall–Kier alpha value is -2.29. The maximum Gasteiger partial charge on any atom is 0.163 e. The van der Waals surface area contributed by atoms with Gasteiger partial charge in [-0.25, -0.2) is 0 Å². The number of aromatic hydroxyl groups is 1. The highest BCUT2D eigenvalue weighted by atomic mass is 16.5. The van der Waals surface area contributed by atoms with Gasteiger partial charge in [0.25, 0.3) is 0 Å². The number of fused-ring (bicyclic) bond motifs is 1. The van der Waals surface area contributed by atoms with E-state index in [-0.39, 0.29) is 11.5 Å². The van der Waals surface area contributed by atoms with Gasteiger partial charge < -0.3 is 9.84 Å². The third-order valence-corrected chi connectivity index (χ3v) is 3.15. The van der Waals surface area contributed by atoms with Crippen LogP contribution < -0.4 is 4.74 Å². The molecule has 0 aromatic heterocycles. The third-order valence-electron chi connectivity index (χ3n) is 3.15. The Morgan fingerprint density at radius 1 is 1.37 bits per heavy atom. The quantitative estimate of drug-likeness (QED) is 0.673. The van der Waals surface area contributed by atoms with Crippen molar-refractivity contribution in [3.63, 3.8) is 0 Å². The van der Waals surface area contributed by atoms with Gasteiger partial charge in [-0.15, -0.1) is 6.58 Å². The van der Waals surface area contributed by atoms with Crippen molar-refractivity contribution in [2.45, 2.75) is 13.3 Å². The molecule has 19 heavy (non-hydrogen) atoms. The average Bonchev–Trinajstić information content (AvgIpc) is 2.41. The topological polar surface area (TPSA) is 46.5 Å². The molecule has 0 spiro atoms. The van der Waals surface area contributed by atoms with E-state index >= 15 is 0 Å². The Morgan fingerprint density at radius 2 is 2.00 bits per heavy atom. The van der Waals surface area contributed by atoms with Gasteiger partial charge in [-0.1, -0.05) is 30.3 Å². The molecule has 2 aromatic carbocycles. The van der Waals surface area contributed by atoms with Crippen molar-refractivity contribution in [1.82, 2.24) is 0 Å². The van der Waals surface area contributed by atoms with Crippen molar-refractivity contribution >= 4 is 16.6 Å². The molecule has 1 N–H and O–H groups in total. The average molecular weight is 256 g/mol.